The Morgan fingerprint density at radius 2 is 2.60 bits per heavy atom. The third kappa shape index (κ3) is 1.86. The van der Waals surface area contributed by atoms with Crippen molar-refractivity contribution in [2.24, 2.45) is 10.8 Å². The number of aliphatic imine (C=N–C) groups is 1. The lowest BCUT2D eigenvalue weighted by Crippen LogP contribution is -2.43. The highest BCUT2D eigenvalue weighted by atomic mass is 32.1. The Morgan fingerprint density at radius 3 is 3.33 bits per heavy atom. The number of carbonyl (C=O) groups is 1. The molecule has 0 fully saturated rings. The van der Waals surface area contributed by atoms with Gasteiger partial charge < -0.3 is 4.74 Å². The van der Waals surface area contributed by atoms with Crippen LogP contribution in [0, 0.1) is 0 Å². The molecule has 1 aromatic rings. The van der Waals surface area contributed by atoms with Gasteiger partial charge in [0.15, 0.2) is 0 Å². The summed E-state index contributed by atoms with van der Waals surface area (Å²) in [6.07, 6.45) is 0. The van der Waals surface area contributed by atoms with E-state index in [0.717, 1.165) is 10.6 Å². The molecule has 80 valence electrons. The van der Waals surface area contributed by atoms with Crippen LogP contribution in [0.2, 0.25) is 0 Å². The normalized spacial score (nSPS) is 14.5. The number of carbonyl (C=O) groups excluding carboxylic acids is 1. The Hall–Kier alpha value is -1.40. The van der Waals surface area contributed by atoms with Crippen molar-refractivity contribution < 1.29 is 9.53 Å². The van der Waals surface area contributed by atoms with Gasteiger partial charge in [-0.25, -0.2) is 15.6 Å². The number of hydrogen-bond acceptors (Lipinski definition) is 6. The van der Waals surface area contributed by atoms with Crippen LogP contribution in [0.3, 0.4) is 0 Å². The molecule has 0 bridgehead atoms. The van der Waals surface area contributed by atoms with E-state index in [4.69, 9.17) is 10.6 Å². The second-order valence-corrected chi connectivity index (χ2v) is 3.93. The summed E-state index contributed by atoms with van der Waals surface area (Å²) < 4.78 is 4.86. The van der Waals surface area contributed by atoms with Crippen LogP contribution >= 0.6 is 11.3 Å². The first-order valence-corrected chi connectivity index (χ1v) is 5.44. The van der Waals surface area contributed by atoms with Crippen molar-refractivity contribution in [1.29, 1.82) is 0 Å². The zero-order valence-corrected chi connectivity index (χ0v) is 9.08. The van der Waals surface area contributed by atoms with Gasteiger partial charge in [0.1, 0.15) is 5.00 Å². The van der Waals surface area contributed by atoms with Gasteiger partial charge in [0.05, 0.1) is 13.2 Å². The van der Waals surface area contributed by atoms with E-state index < -0.39 is 5.97 Å². The van der Waals surface area contributed by atoms with Crippen LogP contribution < -0.4 is 5.84 Å². The Bertz CT molecular complexity index is 413. The van der Waals surface area contributed by atoms with Crippen molar-refractivity contribution in [2.75, 3.05) is 6.61 Å². The largest absolute Gasteiger partial charge is 0.460 e. The Kier molecular flexibility index (Phi) is 2.70. The minimum Gasteiger partial charge on any atom is -0.460 e. The fourth-order valence-corrected chi connectivity index (χ4v) is 2.11. The molecule has 0 spiro atoms. The number of rotatable bonds is 2. The minimum atomic E-state index is -0.473. The first-order chi connectivity index (χ1) is 7.22. The summed E-state index contributed by atoms with van der Waals surface area (Å²) >= 11 is 1.49. The topological polar surface area (TPSA) is 67.9 Å². The lowest BCUT2D eigenvalue weighted by molar-refractivity contribution is -0.136. The summed E-state index contributed by atoms with van der Waals surface area (Å²) in [5, 5.41) is 4.07. The highest BCUT2D eigenvalue weighted by Gasteiger charge is 2.24. The molecule has 0 radical (unpaired) electrons. The molecule has 0 saturated carbocycles. The molecule has 0 amide bonds. The van der Waals surface area contributed by atoms with E-state index in [1.807, 2.05) is 11.4 Å². The van der Waals surface area contributed by atoms with Gasteiger partial charge in [-0.2, -0.15) is 0 Å². The van der Waals surface area contributed by atoms with E-state index in [2.05, 4.69) is 4.99 Å². The number of nitrogens with two attached hydrogens (primary N) is 1. The molecule has 0 saturated heterocycles. The predicted molar refractivity (Wildman–Crippen MR) is 57.8 cm³/mol. The monoisotopic (exact) mass is 225 g/mol. The maximum absolute atomic E-state index is 11.5. The van der Waals surface area contributed by atoms with E-state index in [0.29, 0.717) is 13.2 Å². The molecule has 0 atom stereocenters. The van der Waals surface area contributed by atoms with E-state index in [9.17, 15) is 4.79 Å². The second-order valence-electron chi connectivity index (χ2n) is 3.03. The first-order valence-electron chi connectivity index (χ1n) is 4.56. The Labute approximate surface area is 91.1 Å². The Morgan fingerprint density at radius 1 is 1.80 bits per heavy atom. The van der Waals surface area contributed by atoms with Crippen LogP contribution in [0.5, 0.6) is 0 Å². The van der Waals surface area contributed by atoms with Crippen molar-refractivity contribution in [3.05, 3.63) is 17.0 Å². The van der Waals surface area contributed by atoms with E-state index in [1.54, 1.807) is 6.92 Å². The van der Waals surface area contributed by atoms with Crippen molar-refractivity contribution >= 4 is 28.1 Å². The van der Waals surface area contributed by atoms with Crippen LogP contribution in [-0.2, 0) is 16.1 Å². The number of ether oxygens (including phenoxy) is 1. The van der Waals surface area contributed by atoms with Gasteiger partial charge in [0.2, 0.25) is 5.84 Å². The number of hydrazine groups is 1. The molecular formula is C9H11N3O2S. The molecule has 1 aliphatic heterocycles. The first kappa shape index (κ1) is 10.1. The highest BCUT2D eigenvalue weighted by molar-refractivity contribution is 7.14. The molecule has 2 N–H and O–H groups in total. The summed E-state index contributed by atoms with van der Waals surface area (Å²) in [6.45, 7) is 2.57. The van der Waals surface area contributed by atoms with Gasteiger partial charge in [-0.1, -0.05) is 0 Å². The van der Waals surface area contributed by atoms with Gasteiger partial charge >= 0.3 is 5.97 Å². The second kappa shape index (κ2) is 4.00. The van der Waals surface area contributed by atoms with Crippen LogP contribution in [0.25, 0.3) is 0 Å². The van der Waals surface area contributed by atoms with Gasteiger partial charge in [-0.3, -0.25) is 5.01 Å². The number of hydrogen-bond donors (Lipinski definition) is 1. The maximum atomic E-state index is 11.5. The van der Waals surface area contributed by atoms with Crippen LogP contribution in [0.1, 0.15) is 12.5 Å². The van der Waals surface area contributed by atoms with Gasteiger partial charge in [0, 0.05) is 5.56 Å². The van der Waals surface area contributed by atoms with Gasteiger partial charge in [-0.05, 0) is 18.4 Å². The fraction of sp³-hybridized carbons (Fsp3) is 0.333. The number of thiophene rings is 1. The van der Waals surface area contributed by atoms with Gasteiger partial charge in [0.25, 0.3) is 0 Å². The fourth-order valence-electron chi connectivity index (χ4n) is 1.32. The lowest BCUT2D eigenvalue weighted by Gasteiger charge is -2.22. The third-order valence-corrected chi connectivity index (χ3v) is 2.85. The molecule has 6 heteroatoms. The number of fused-ring (bicyclic) bond motifs is 1. The smallest absolute Gasteiger partial charge is 0.375 e. The molecular weight excluding hydrogens is 214 g/mol. The summed E-state index contributed by atoms with van der Waals surface area (Å²) in [7, 11) is 0. The average Bonchev–Trinajstić information content (AvgIpc) is 2.63. The Balaban J connectivity index is 2.29. The lowest BCUT2D eigenvalue weighted by atomic mass is 10.3. The average molecular weight is 225 g/mol. The van der Waals surface area contributed by atoms with E-state index >= 15 is 0 Å². The molecule has 15 heavy (non-hydrogen) atoms. The third-order valence-electron chi connectivity index (χ3n) is 2.00. The molecule has 1 aliphatic rings. The predicted octanol–water partition coefficient (Wildman–Crippen LogP) is 1.03. The zero-order valence-electron chi connectivity index (χ0n) is 8.27. The van der Waals surface area contributed by atoms with Crippen LogP contribution in [0.15, 0.2) is 16.4 Å². The van der Waals surface area contributed by atoms with E-state index in [-0.39, 0.29) is 5.84 Å². The minimum absolute atomic E-state index is 0.173. The summed E-state index contributed by atoms with van der Waals surface area (Å²) in [6, 6.07) is 1.95. The summed E-state index contributed by atoms with van der Waals surface area (Å²) in [4.78, 5) is 15.6. The summed E-state index contributed by atoms with van der Waals surface area (Å²) in [5.41, 5.74) is 1.04. The van der Waals surface area contributed by atoms with Crippen LogP contribution in [-0.4, -0.2) is 23.4 Å². The number of esters is 1. The van der Waals surface area contributed by atoms with Crippen LogP contribution in [0.4, 0.5) is 5.00 Å². The summed E-state index contributed by atoms with van der Waals surface area (Å²) in [5.74, 6) is 5.39. The van der Waals surface area contributed by atoms with Crippen molar-refractivity contribution in [1.82, 2.24) is 5.01 Å². The highest BCUT2D eigenvalue weighted by Crippen LogP contribution is 2.30. The van der Waals surface area contributed by atoms with Crippen molar-refractivity contribution in [3.8, 4) is 0 Å². The number of amidine groups is 1. The maximum Gasteiger partial charge on any atom is 0.375 e. The SMILES string of the molecule is CCOC(=O)C1=Nc2sccc2CN1N. The molecule has 2 rings (SSSR count). The van der Waals surface area contributed by atoms with Gasteiger partial charge in [-0.15, -0.1) is 11.3 Å². The quantitative estimate of drug-likeness (QED) is 0.603. The molecule has 5 nitrogen and oxygen atoms in total. The molecule has 2 heterocycles. The molecule has 1 aromatic heterocycles. The zero-order chi connectivity index (χ0) is 10.8. The van der Waals surface area contributed by atoms with Crippen molar-refractivity contribution in [2.45, 2.75) is 13.5 Å². The molecule has 0 aliphatic carbocycles. The van der Waals surface area contributed by atoms with E-state index in [1.165, 1.54) is 16.3 Å². The standard InChI is InChI=1S/C9H11N3O2S/c1-2-14-9(13)7-11-8-6(3-4-15-8)5-12(7)10/h3-4H,2,5,10H2,1H3. The van der Waals surface area contributed by atoms with Crippen molar-refractivity contribution in [3.63, 3.8) is 0 Å². The number of nitrogens with zero attached hydrogens (tertiary/aromatic N) is 2. The molecule has 0 aromatic carbocycles. The molecule has 0 unspecified atom stereocenters.